The third-order valence-corrected chi connectivity index (χ3v) is 1.66. The van der Waals surface area contributed by atoms with Crippen molar-refractivity contribution in [1.82, 2.24) is 0 Å². The van der Waals surface area contributed by atoms with Crippen LogP contribution in [0, 0.1) is 5.92 Å². The van der Waals surface area contributed by atoms with E-state index >= 15 is 0 Å². The van der Waals surface area contributed by atoms with Crippen molar-refractivity contribution < 1.29 is 0 Å². The standard InChI is InChI=1S/C8H17N/c1-5-8(9)7(4)6(2)3/h6,8H,4-5,9H2,1-3H3. The van der Waals surface area contributed by atoms with Crippen LogP contribution in [0.2, 0.25) is 0 Å². The van der Waals surface area contributed by atoms with E-state index in [1.165, 1.54) is 0 Å². The van der Waals surface area contributed by atoms with Crippen LogP contribution in [0.3, 0.4) is 0 Å². The maximum absolute atomic E-state index is 5.72. The normalized spacial score (nSPS) is 13.9. The minimum Gasteiger partial charge on any atom is -0.324 e. The molecule has 9 heavy (non-hydrogen) atoms. The van der Waals surface area contributed by atoms with Crippen LogP contribution in [0.15, 0.2) is 12.2 Å². The molecule has 1 atom stereocenters. The van der Waals surface area contributed by atoms with Crippen LogP contribution in [0.1, 0.15) is 27.2 Å². The van der Waals surface area contributed by atoms with Crippen LogP contribution >= 0.6 is 0 Å². The fourth-order valence-electron chi connectivity index (χ4n) is 0.690. The summed E-state index contributed by atoms with van der Waals surface area (Å²) in [6.45, 7) is 10.2. The summed E-state index contributed by atoms with van der Waals surface area (Å²) in [6.07, 6.45) is 0.997. The molecule has 0 aromatic carbocycles. The fraction of sp³-hybridized carbons (Fsp3) is 0.750. The van der Waals surface area contributed by atoms with E-state index in [0.717, 1.165) is 12.0 Å². The molecule has 0 rings (SSSR count). The summed E-state index contributed by atoms with van der Waals surface area (Å²) in [6, 6.07) is 0.199. The van der Waals surface area contributed by atoms with Crippen LogP contribution in [0.5, 0.6) is 0 Å². The molecular formula is C8H17N. The van der Waals surface area contributed by atoms with E-state index in [-0.39, 0.29) is 6.04 Å². The van der Waals surface area contributed by atoms with E-state index in [0.29, 0.717) is 5.92 Å². The molecule has 0 bridgehead atoms. The monoisotopic (exact) mass is 127 g/mol. The van der Waals surface area contributed by atoms with Gasteiger partial charge in [-0.3, -0.25) is 0 Å². The first kappa shape index (κ1) is 8.70. The van der Waals surface area contributed by atoms with Crippen LogP contribution in [-0.2, 0) is 0 Å². The molecule has 0 saturated carbocycles. The van der Waals surface area contributed by atoms with E-state index < -0.39 is 0 Å². The Morgan fingerprint density at radius 2 is 2.00 bits per heavy atom. The molecule has 0 radical (unpaired) electrons. The number of hydrogen-bond donors (Lipinski definition) is 1. The van der Waals surface area contributed by atoms with Gasteiger partial charge in [-0.15, -0.1) is 0 Å². The summed E-state index contributed by atoms with van der Waals surface area (Å²) in [7, 11) is 0. The molecule has 0 aliphatic carbocycles. The number of nitrogens with two attached hydrogens (primary N) is 1. The summed E-state index contributed by atoms with van der Waals surface area (Å²) in [5.74, 6) is 0.528. The van der Waals surface area contributed by atoms with Gasteiger partial charge in [-0.25, -0.2) is 0 Å². The molecule has 0 heterocycles. The van der Waals surface area contributed by atoms with Crippen LogP contribution in [0.4, 0.5) is 0 Å². The second-order valence-electron chi connectivity index (χ2n) is 2.74. The zero-order chi connectivity index (χ0) is 7.44. The van der Waals surface area contributed by atoms with Crippen molar-refractivity contribution in [2.75, 3.05) is 0 Å². The zero-order valence-electron chi connectivity index (χ0n) is 6.65. The van der Waals surface area contributed by atoms with Gasteiger partial charge < -0.3 is 5.73 Å². The van der Waals surface area contributed by atoms with Crippen molar-refractivity contribution in [3.05, 3.63) is 12.2 Å². The van der Waals surface area contributed by atoms with Crippen molar-refractivity contribution in [3.8, 4) is 0 Å². The summed E-state index contributed by atoms with van der Waals surface area (Å²) in [5, 5.41) is 0. The molecule has 0 amide bonds. The average Bonchev–Trinajstić information content (AvgIpc) is 1.84. The van der Waals surface area contributed by atoms with Gasteiger partial charge in [0, 0.05) is 6.04 Å². The highest BCUT2D eigenvalue weighted by Gasteiger charge is 2.06. The third kappa shape index (κ3) is 2.66. The highest BCUT2D eigenvalue weighted by Crippen LogP contribution is 2.11. The van der Waals surface area contributed by atoms with Crippen molar-refractivity contribution >= 4 is 0 Å². The van der Waals surface area contributed by atoms with Crippen molar-refractivity contribution in [2.24, 2.45) is 11.7 Å². The van der Waals surface area contributed by atoms with E-state index in [1.54, 1.807) is 0 Å². The predicted molar refractivity (Wildman–Crippen MR) is 42.2 cm³/mol. The molecule has 0 fully saturated rings. The lowest BCUT2D eigenvalue weighted by atomic mass is 9.97. The maximum Gasteiger partial charge on any atom is 0.0250 e. The van der Waals surface area contributed by atoms with Gasteiger partial charge in [0.2, 0.25) is 0 Å². The Morgan fingerprint density at radius 1 is 1.56 bits per heavy atom. The molecule has 0 saturated heterocycles. The van der Waals surface area contributed by atoms with Gasteiger partial charge in [0.15, 0.2) is 0 Å². The molecule has 1 heteroatoms. The topological polar surface area (TPSA) is 26.0 Å². The lowest BCUT2D eigenvalue weighted by molar-refractivity contribution is 0.631. The van der Waals surface area contributed by atoms with Gasteiger partial charge in [0.1, 0.15) is 0 Å². The van der Waals surface area contributed by atoms with Gasteiger partial charge in [0.05, 0.1) is 0 Å². The van der Waals surface area contributed by atoms with Crippen LogP contribution in [0.25, 0.3) is 0 Å². The molecule has 0 aromatic heterocycles. The van der Waals surface area contributed by atoms with E-state index in [2.05, 4.69) is 27.4 Å². The van der Waals surface area contributed by atoms with Gasteiger partial charge in [-0.1, -0.05) is 32.9 Å². The lowest BCUT2D eigenvalue weighted by Crippen LogP contribution is -2.23. The Labute approximate surface area is 57.9 Å². The van der Waals surface area contributed by atoms with Gasteiger partial charge in [-0.05, 0) is 12.3 Å². The minimum atomic E-state index is 0.199. The minimum absolute atomic E-state index is 0.199. The van der Waals surface area contributed by atoms with Crippen molar-refractivity contribution in [3.63, 3.8) is 0 Å². The zero-order valence-corrected chi connectivity index (χ0v) is 6.65. The summed E-state index contributed by atoms with van der Waals surface area (Å²) < 4.78 is 0. The lowest BCUT2D eigenvalue weighted by Gasteiger charge is -2.15. The molecule has 1 unspecified atom stereocenters. The third-order valence-electron chi connectivity index (χ3n) is 1.66. The van der Waals surface area contributed by atoms with E-state index in [9.17, 15) is 0 Å². The van der Waals surface area contributed by atoms with Gasteiger partial charge in [0.25, 0.3) is 0 Å². The van der Waals surface area contributed by atoms with Crippen molar-refractivity contribution in [1.29, 1.82) is 0 Å². The molecule has 54 valence electrons. The van der Waals surface area contributed by atoms with Crippen LogP contribution in [-0.4, -0.2) is 6.04 Å². The average molecular weight is 127 g/mol. The maximum atomic E-state index is 5.72. The first-order valence-electron chi connectivity index (χ1n) is 3.53. The second kappa shape index (κ2) is 3.67. The summed E-state index contributed by atoms with van der Waals surface area (Å²) >= 11 is 0. The Morgan fingerprint density at radius 3 is 2.11 bits per heavy atom. The van der Waals surface area contributed by atoms with E-state index in [4.69, 9.17) is 5.73 Å². The molecule has 0 aliphatic rings. The Bertz CT molecular complexity index is 94.7. The molecule has 1 nitrogen and oxygen atoms in total. The highest BCUT2D eigenvalue weighted by molar-refractivity contribution is 5.05. The Balaban J connectivity index is 3.73. The first-order valence-corrected chi connectivity index (χ1v) is 3.53. The molecule has 0 aliphatic heterocycles. The molecule has 0 spiro atoms. The first-order chi connectivity index (χ1) is 4.09. The van der Waals surface area contributed by atoms with Gasteiger partial charge >= 0.3 is 0 Å². The quantitative estimate of drug-likeness (QED) is 0.576. The summed E-state index contributed by atoms with van der Waals surface area (Å²) in [5.41, 5.74) is 6.88. The SMILES string of the molecule is C=C(C(C)C)C(N)CC. The van der Waals surface area contributed by atoms with Crippen molar-refractivity contribution in [2.45, 2.75) is 33.2 Å². The summed E-state index contributed by atoms with van der Waals surface area (Å²) in [4.78, 5) is 0. The van der Waals surface area contributed by atoms with Gasteiger partial charge in [-0.2, -0.15) is 0 Å². The smallest absolute Gasteiger partial charge is 0.0250 e. The van der Waals surface area contributed by atoms with Crippen LogP contribution < -0.4 is 5.73 Å². The number of rotatable bonds is 3. The Hall–Kier alpha value is -0.300. The predicted octanol–water partition coefficient (Wildman–Crippen LogP) is 1.94. The number of hydrogen-bond acceptors (Lipinski definition) is 1. The largest absolute Gasteiger partial charge is 0.324 e. The molecule has 0 aromatic rings. The molecular weight excluding hydrogens is 110 g/mol. The second-order valence-corrected chi connectivity index (χ2v) is 2.74. The fourth-order valence-corrected chi connectivity index (χ4v) is 0.690. The van der Waals surface area contributed by atoms with E-state index in [1.807, 2.05) is 0 Å². The highest BCUT2D eigenvalue weighted by atomic mass is 14.6. The molecule has 2 N–H and O–H groups in total. The Kier molecular flexibility index (Phi) is 3.55.